The van der Waals surface area contributed by atoms with E-state index < -0.39 is 0 Å². The van der Waals surface area contributed by atoms with Gasteiger partial charge >= 0.3 is 0 Å². The highest BCUT2D eigenvalue weighted by atomic mass is 15.2. The van der Waals surface area contributed by atoms with Gasteiger partial charge in [-0.25, -0.2) is 4.85 Å². The molecule has 10 aromatic carbocycles. The quantitative estimate of drug-likeness (QED) is 0.130. The van der Waals surface area contributed by atoms with E-state index in [9.17, 15) is 15.8 Å². The maximum absolute atomic E-state index is 10.4. The topological polar surface area (TPSA) is 87.1 Å². The molecular weight excluding hydrogens is 830 g/mol. The highest BCUT2D eigenvalue weighted by molar-refractivity contribution is 7.00. The van der Waals surface area contributed by atoms with E-state index in [2.05, 4.69) is 183 Å². The minimum atomic E-state index is -0.263. The first-order valence-corrected chi connectivity index (χ1v) is 22.3. The van der Waals surface area contributed by atoms with Gasteiger partial charge in [0.2, 0.25) is 0 Å². The Morgan fingerprint density at radius 2 is 0.926 bits per heavy atom. The van der Waals surface area contributed by atoms with E-state index in [1.165, 1.54) is 0 Å². The summed E-state index contributed by atoms with van der Waals surface area (Å²) >= 11 is 0. The van der Waals surface area contributed by atoms with Gasteiger partial charge in [-0.15, -0.1) is 0 Å². The van der Waals surface area contributed by atoms with Gasteiger partial charge in [0.1, 0.15) is 0 Å². The number of para-hydroxylation sites is 2. The Hall–Kier alpha value is -9.86. The van der Waals surface area contributed by atoms with Crippen LogP contribution in [-0.4, -0.2) is 11.3 Å². The number of hydrogen-bond acceptors (Lipinski definition) is 5. The molecular formula is C60H32BN7. The Labute approximate surface area is 391 Å². The number of aromatic nitrogens is 1. The molecule has 11 aromatic rings. The first-order chi connectivity index (χ1) is 33.5. The van der Waals surface area contributed by atoms with Gasteiger partial charge < -0.3 is 14.4 Å². The van der Waals surface area contributed by atoms with Gasteiger partial charge in [0.25, 0.3) is 6.71 Å². The van der Waals surface area contributed by atoms with Crippen molar-refractivity contribution in [1.29, 1.82) is 15.8 Å². The number of nitrogens with zero attached hydrogens (tertiary/aromatic N) is 7. The van der Waals surface area contributed by atoms with E-state index in [1.807, 2.05) is 36.4 Å². The molecule has 0 amide bonds. The molecule has 8 heteroatoms. The fourth-order valence-electron chi connectivity index (χ4n) is 10.8. The van der Waals surface area contributed by atoms with Crippen LogP contribution in [-0.2, 0) is 0 Å². The lowest BCUT2D eigenvalue weighted by atomic mass is 9.33. The van der Waals surface area contributed by atoms with Gasteiger partial charge in [0, 0.05) is 56.1 Å². The second kappa shape index (κ2) is 14.8. The molecule has 0 atom stereocenters. The summed E-state index contributed by atoms with van der Waals surface area (Å²) in [6, 6.07) is 73.7. The average Bonchev–Trinajstić information content (AvgIpc) is 3.73. The second-order valence-electron chi connectivity index (χ2n) is 17.4. The Morgan fingerprint density at radius 3 is 1.51 bits per heavy atom. The van der Waals surface area contributed by atoms with E-state index in [4.69, 9.17) is 6.57 Å². The molecule has 0 radical (unpaired) electrons. The van der Waals surface area contributed by atoms with Crippen molar-refractivity contribution in [2.75, 3.05) is 9.80 Å². The van der Waals surface area contributed by atoms with Crippen LogP contribution in [0.5, 0.6) is 0 Å². The molecule has 2 aliphatic heterocycles. The fourth-order valence-corrected chi connectivity index (χ4v) is 10.8. The van der Waals surface area contributed by atoms with Crippen molar-refractivity contribution in [1.82, 2.24) is 4.57 Å². The Bertz CT molecular complexity index is 3930. The lowest BCUT2D eigenvalue weighted by Crippen LogP contribution is -2.61. The van der Waals surface area contributed by atoms with Crippen LogP contribution in [0.1, 0.15) is 16.7 Å². The number of hydrogen-bond donors (Lipinski definition) is 0. The second-order valence-corrected chi connectivity index (χ2v) is 17.4. The number of fused-ring (bicyclic) bond motifs is 9. The Kier molecular flexibility index (Phi) is 8.43. The van der Waals surface area contributed by atoms with Gasteiger partial charge in [-0.05, 0) is 140 Å². The van der Waals surface area contributed by atoms with Crippen molar-refractivity contribution in [2.45, 2.75) is 0 Å². The molecule has 0 aliphatic carbocycles. The summed E-state index contributed by atoms with van der Waals surface area (Å²) in [4.78, 5) is 8.31. The molecule has 0 fully saturated rings. The van der Waals surface area contributed by atoms with Crippen LogP contribution in [0.4, 0.5) is 39.8 Å². The summed E-state index contributed by atoms with van der Waals surface area (Å²) in [7, 11) is 0. The van der Waals surface area contributed by atoms with Gasteiger partial charge in [0.15, 0.2) is 5.69 Å². The van der Waals surface area contributed by atoms with Gasteiger partial charge in [-0.2, -0.15) is 15.8 Å². The van der Waals surface area contributed by atoms with Crippen LogP contribution >= 0.6 is 0 Å². The lowest BCUT2D eigenvalue weighted by molar-refractivity contribution is 1.18. The van der Waals surface area contributed by atoms with Crippen LogP contribution in [0.3, 0.4) is 0 Å². The first kappa shape index (κ1) is 38.6. The highest BCUT2D eigenvalue weighted by Crippen LogP contribution is 2.48. The van der Waals surface area contributed by atoms with Gasteiger partial charge in [-0.1, -0.05) is 103 Å². The summed E-state index contributed by atoms with van der Waals surface area (Å²) < 4.78 is 2.31. The molecule has 1 aromatic heterocycles. The highest BCUT2D eigenvalue weighted by Gasteiger charge is 2.44. The molecule has 2 aliphatic rings. The smallest absolute Gasteiger partial charge is 0.252 e. The van der Waals surface area contributed by atoms with Crippen LogP contribution in [0, 0.1) is 40.6 Å². The zero-order valence-electron chi connectivity index (χ0n) is 36.2. The monoisotopic (exact) mass is 861 g/mol. The molecule has 0 unspecified atom stereocenters. The molecule has 3 heterocycles. The Morgan fingerprint density at radius 1 is 0.412 bits per heavy atom. The van der Waals surface area contributed by atoms with Crippen molar-refractivity contribution >= 4 is 106 Å². The van der Waals surface area contributed by atoms with Crippen LogP contribution in [0.15, 0.2) is 194 Å². The summed E-state index contributed by atoms with van der Waals surface area (Å²) in [5.74, 6) is 0. The van der Waals surface area contributed by atoms with Crippen molar-refractivity contribution in [3.8, 4) is 35.0 Å². The minimum absolute atomic E-state index is 0.263. The van der Waals surface area contributed by atoms with E-state index in [0.717, 1.165) is 99.3 Å². The molecule has 0 bridgehead atoms. The largest absolute Gasteiger partial charge is 0.313 e. The van der Waals surface area contributed by atoms with E-state index in [1.54, 1.807) is 12.1 Å². The van der Waals surface area contributed by atoms with E-state index in [-0.39, 0.29) is 6.71 Å². The maximum atomic E-state index is 10.4. The fraction of sp³-hybridized carbons (Fsp3) is 0. The normalized spacial score (nSPS) is 12.3. The molecule has 68 heavy (non-hydrogen) atoms. The molecule has 13 rings (SSSR count). The lowest BCUT2D eigenvalue weighted by Gasteiger charge is -2.45. The van der Waals surface area contributed by atoms with Crippen molar-refractivity contribution < 1.29 is 0 Å². The maximum Gasteiger partial charge on any atom is 0.252 e. The Balaban J connectivity index is 1.18. The van der Waals surface area contributed by atoms with Gasteiger partial charge in [-0.3, -0.25) is 0 Å². The number of nitriles is 3. The third kappa shape index (κ3) is 5.76. The molecule has 0 N–H and O–H groups in total. The SMILES string of the molecule is [C-]#[N+]c1cc(C#N)cc(N2c3cc4ccccc4cc3B3c4cc5ccccc5cc4N(c4cc(C#N)cc(C#N)c4)c4cc(-c5ccc6c(c5)c5ccccc5n6-c5ccccc5)cc2c43)c1. The van der Waals surface area contributed by atoms with Crippen LogP contribution in [0.2, 0.25) is 0 Å². The third-order valence-corrected chi connectivity index (χ3v) is 13.7. The molecule has 0 saturated heterocycles. The first-order valence-electron chi connectivity index (χ1n) is 22.3. The summed E-state index contributed by atoms with van der Waals surface area (Å²) in [6.45, 7) is 7.87. The summed E-state index contributed by atoms with van der Waals surface area (Å²) in [5.41, 5.74) is 15.0. The number of rotatable bonds is 4. The zero-order valence-corrected chi connectivity index (χ0v) is 36.2. The predicted molar refractivity (Wildman–Crippen MR) is 276 cm³/mol. The summed E-state index contributed by atoms with van der Waals surface area (Å²) in [5, 5.41) is 37.7. The average molecular weight is 862 g/mol. The molecule has 7 nitrogen and oxygen atoms in total. The number of benzene rings is 10. The molecule has 0 spiro atoms. The zero-order chi connectivity index (χ0) is 45.6. The summed E-state index contributed by atoms with van der Waals surface area (Å²) in [6.07, 6.45) is 0. The third-order valence-electron chi connectivity index (χ3n) is 13.7. The van der Waals surface area contributed by atoms with E-state index in [0.29, 0.717) is 33.8 Å². The van der Waals surface area contributed by atoms with E-state index >= 15 is 0 Å². The van der Waals surface area contributed by atoms with Gasteiger partial charge in [0.05, 0.1) is 46.9 Å². The van der Waals surface area contributed by atoms with Crippen molar-refractivity contribution in [3.63, 3.8) is 0 Å². The predicted octanol–water partition coefficient (Wildman–Crippen LogP) is 13.0. The standard InChI is InChI=1S/C60H32BN7/c1-65-46-22-39(36-64)25-49(33-46)68-57-30-43-14-8-6-12-41(43)28-53(57)61-52-27-40-11-5-7-13-42(40)29-56(52)67(48-23-37(34-62)21-38(24-48)35-63)58-31-45(32-59(68)60(58)61)44-19-20-55-51(26-44)50-17-9-10-18-54(50)66(55)47-15-3-2-4-16-47/h2-33H. The molecule has 0 saturated carbocycles. The van der Waals surface area contributed by atoms with Crippen LogP contribution in [0.25, 0.3) is 65.0 Å². The van der Waals surface area contributed by atoms with Crippen LogP contribution < -0.4 is 26.2 Å². The van der Waals surface area contributed by atoms with Crippen molar-refractivity contribution in [2.24, 2.45) is 0 Å². The number of anilines is 6. The molecule has 310 valence electrons. The minimum Gasteiger partial charge on any atom is -0.313 e. The van der Waals surface area contributed by atoms with Crippen molar-refractivity contribution in [3.05, 3.63) is 222 Å².